The van der Waals surface area contributed by atoms with Crippen molar-refractivity contribution in [1.82, 2.24) is 0 Å². The average Bonchev–Trinajstić information content (AvgIpc) is 3.20. The predicted octanol–water partition coefficient (Wildman–Crippen LogP) is -0.781. The number of benzene rings is 3. The van der Waals surface area contributed by atoms with Crippen molar-refractivity contribution in [2.45, 2.75) is 61.4 Å². The van der Waals surface area contributed by atoms with Gasteiger partial charge in [0.1, 0.15) is 67.8 Å². The van der Waals surface area contributed by atoms with Crippen LogP contribution in [0.5, 0.6) is 46.0 Å². The zero-order chi connectivity index (χ0) is 40.8. The quantitative estimate of drug-likeness (QED) is 0.0929. The Hall–Kier alpha value is -5.32. The maximum atomic E-state index is 12.8. The number of aromatic hydroxyl groups is 2. The Kier molecular flexibility index (Phi) is 13.5. The van der Waals surface area contributed by atoms with Gasteiger partial charge in [0, 0.05) is 6.07 Å². The second kappa shape index (κ2) is 18.1. The first kappa shape index (κ1) is 41.8. The van der Waals surface area contributed by atoms with E-state index in [9.17, 15) is 50.4 Å². The summed E-state index contributed by atoms with van der Waals surface area (Å²) in [5.74, 6) is -2.57. The van der Waals surface area contributed by atoms with Crippen LogP contribution in [0.1, 0.15) is 20.7 Å². The molecule has 0 radical (unpaired) electrons. The third-order valence-corrected chi connectivity index (χ3v) is 8.86. The lowest BCUT2D eigenvalue weighted by Gasteiger charge is -2.40. The molecule has 0 aliphatic carbocycles. The van der Waals surface area contributed by atoms with Crippen molar-refractivity contribution in [3.05, 3.63) is 59.7 Å². The van der Waals surface area contributed by atoms with Gasteiger partial charge >= 0.3 is 11.9 Å². The van der Waals surface area contributed by atoms with Crippen LogP contribution in [-0.2, 0) is 18.9 Å². The van der Waals surface area contributed by atoms with Crippen LogP contribution < -0.4 is 28.4 Å². The molecule has 306 valence electrons. The molecule has 0 amide bonds. The molecule has 2 aliphatic heterocycles. The van der Waals surface area contributed by atoms with Crippen LogP contribution in [0.2, 0.25) is 0 Å². The smallest absolute Gasteiger partial charge is 0.338 e. The molecular weight excluding hydrogens is 752 g/mol. The maximum absolute atomic E-state index is 12.8. The van der Waals surface area contributed by atoms with Gasteiger partial charge in [-0.3, -0.25) is 0 Å². The van der Waals surface area contributed by atoms with E-state index in [1.165, 1.54) is 77.0 Å². The Morgan fingerprint density at radius 2 is 1.02 bits per heavy atom. The van der Waals surface area contributed by atoms with Gasteiger partial charge in [-0.15, -0.1) is 0 Å². The molecule has 56 heavy (non-hydrogen) atoms. The predicted molar refractivity (Wildman–Crippen MR) is 184 cm³/mol. The number of ether oxygens (including phenoxy) is 10. The standard InChI is InChI=1S/C36H42O20/c1-47-20-9-15(5-7-18(20)37)33(45)51-13-25-28(40)30(42)32(44)36(56-25)54-19-8-6-17(12-21(19)48-2)53-35-31(43)29(41)27(39)24(55-35)14-52-34(46)16-10-22(49-3)26(38)23(11-16)50-4/h5-12,24-25,27-32,35-44H,13-14H2,1-4H3/t24-,25-,27-,28-,29+,30+,31-,32-,35-,36-/m1/s1. The number of hydrogen-bond acceptors (Lipinski definition) is 20. The second-order valence-electron chi connectivity index (χ2n) is 12.4. The maximum Gasteiger partial charge on any atom is 0.338 e. The van der Waals surface area contributed by atoms with E-state index in [0.717, 1.165) is 0 Å². The van der Waals surface area contributed by atoms with Gasteiger partial charge in [0.25, 0.3) is 0 Å². The molecule has 3 aromatic rings. The lowest BCUT2D eigenvalue weighted by Crippen LogP contribution is -2.60. The first-order chi connectivity index (χ1) is 26.7. The Bertz CT molecular complexity index is 1810. The zero-order valence-electron chi connectivity index (χ0n) is 30.3. The molecule has 0 saturated carbocycles. The molecule has 5 rings (SSSR count). The van der Waals surface area contributed by atoms with Gasteiger partial charge in [0.05, 0.1) is 39.6 Å². The summed E-state index contributed by atoms with van der Waals surface area (Å²) < 4.78 is 53.8. The summed E-state index contributed by atoms with van der Waals surface area (Å²) in [7, 11) is 5.09. The van der Waals surface area contributed by atoms with Gasteiger partial charge in [0.2, 0.25) is 18.3 Å². The summed E-state index contributed by atoms with van der Waals surface area (Å²) in [5.41, 5.74) is -0.0677. The summed E-state index contributed by atoms with van der Waals surface area (Å²) in [6.45, 7) is -1.19. The van der Waals surface area contributed by atoms with Crippen LogP contribution in [0, 0.1) is 0 Å². The summed E-state index contributed by atoms with van der Waals surface area (Å²) in [6, 6.07) is 10.0. The van der Waals surface area contributed by atoms with Crippen molar-refractivity contribution in [2.24, 2.45) is 0 Å². The molecule has 0 spiro atoms. The largest absolute Gasteiger partial charge is 0.504 e. The third-order valence-electron chi connectivity index (χ3n) is 8.86. The highest BCUT2D eigenvalue weighted by Gasteiger charge is 2.47. The van der Waals surface area contributed by atoms with E-state index < -0.39 is 86.6 Å². The van der Waals surface area contributed by atoms with Crippen LogP contribution in [-0.4, -0.2) is 156 Å². The molecule has 20 heteroatoms. The van der Waals surface area contributed by atoms with Gasteiger partial charge in [0.15, 0.2) is 34.5 Å². The van der Waals surface area contributed by atoms with E-state index >= 15 is 0 Å². The molecule has 0 unspecified atom stereocenters. The summed E-state index contributed by atoms with van der Waals surface area (Å²) in [6.07, 6.45) is -16.6. The minimum Gasteiger partial charge on any atom is -0.504 e. The van der Waals surface area contributed by atoms with Crippen LogP contribution in [0.3, 0.4) is 0 Å². The van der Waals surface area contributed by atoms with E-state index in [1.807, 2.05) is 0 Å². The fourth-order valence-electron chi connectivity index (χ4n) is 5.68. The molecule has 10 atom stereocenters. The Labute approximate surface area is 318 Å². The molecule has 0 bridgehead atoms. The molecule has 2 heterocycles. The minimum atomic E-state index is -1.81. The van der Waals surface area contributed by atoms with E-state index in [1.54, 1.807) is 0 Å². The van der Waals surface area contributed by atoms with Gasteiger partial charge in [-0.05, 0) is 42.5 Å². The summed E-state index contributed by atoms with van der Waals surface area (Å²) in [5, 5.41) is 83.4. The summed E-state index contributed by atoms with van der Waals surface area (Å²) in [4.78, 5) is 25.4. The van der Waals surface area contributed by atoms with E-state index in [-0.39, 0.29) is 57.1 Å². The zero-order valence-corrected chi connectivity index (χ0v) is 30.3. The van der Waals surface area contributed by atoms with Crippen LogP contribution in [0.15, 0.2) is 48.5 Å². The molecule has 2 fully saturated rings. The van der Waals surface area contributed by atoms with E-state index in [0.29, 0.717) is 0 Å². The van der Waals surface area contributed by atoms with E-state index in [4.69, 9.17) is 47.4 Å². The molecule has 3 aromatic carbocycles. The highest BCUT2D eigenvalue weighted by molar-refractivity contribution is 5.91. The highest BCUT2D eigenvalue weighted by atomic mass is 16.7. The van der Waals surface area contributed by atoms with Crippen molar-refractivity contribution in [3.8, 4) is 46.0 Å². The average molecular weight is 795 g/mol. The van der Waals surface area contributed by atoms with Crippen molar-refractivity contribution >= 4 is 11.9 Å². The number of phenols is 2. The molecule has 2 saturated heterocycles. The second-order valence-corrected chi connectivity index (χ2v) is 12.4. The number of esters is 2. The number of hydrogen-bond donors (Lipinski definition) is 8. The SMILES string of the molecule is COc1cc(C(=O)OC[C@H]2O[C@@H](Oc3ccc(O[C@@H]4O[C@H](COC(=O)c5cc(OC)c(O)c(OC)c5)[C@@H](O)[C@H](O)[C@H]4O)cc3OC)[C@H](O)[C@@H](O)[C@@H]2O)ccc1O. The fraction of sp³-hybridized carbons (Fsp3) is 0.444. The van der Waals surface area contributed by atoms with Crippen molar-refractivity contribution in [1.29, 1.82) is 0 Å². The number of aliphatic hydroxyl groups is 6. The molecule has 2 aliphatic rings. The molecule has 0 aromatic heterocycles. The Morgan fingerprint density at radius 1 is 0.536 bits per heavy atom. The lowest BCUT2D eigenvalue weighted by molar-refractivity contribution is -0.278. The number of methoxy groups -OCH3 is 4. The van der Waals surface area contributed by atoms with Gasteiger partial charge < -0.3 is 88.2 Å². The molecular formula is C36H42O20. The van der Waals surface area contributed by atoms with Crippen LogP contribution >= 0.6 is 0 Å². The number of aliphatic hydroxyl groups excluding tert-OH is 6. The molecule has 8 N–H and O–H groups in total. The first-order valence-corrected chi connectivity index (χ1v) is 16.8. The molecule has 20 nitrogen and oxygen atoms in total. The minimum absolute atomic E-state index is 0.00883. The van der Waals surface area contributed by atoms with Gasteiger partial charge in [-0.25, -0.2) is 9.59 Å². The normalized spacial score (nSPS) is 27.4. The highest BCUT2D eigenvalue weighted by Crippen LogP contribution is 2.38. The lowest BCUT2D eigenvalue weighted by atomic mass is 9.99. The van der Waals surface area contributed by atoms with Crippen LogP contribution in [0.4, 0.5) is 0 Å². The monoisotopic (exact) mass is 794 g/mol. The van der Waals surface area contributed by atoms with Gasteiger partial charge in [-0.1, -0.05) is 0 Å². The first-order valence-electron chi connectivity index (χ1n) is 16.8. The number of phenolic OH excluding ortho intramolecular Hbond substituents is 2. The number of carbonyl (C=O) groups excluding carboxylic acids is 2. The number of rotatable bonds is 14. The van der Waals surface area contributed by atoms with Crippen LogP contribution in [0.25, 0.3) is 0 Å². The topological polar surface area (TPSA) is 288 Å². The van der Waals surface area contributed by atoms with Crippen molar-refractivity contribution < 1.29 is 97.8 Å². The number of carbonyl (C=O) groups is 2. The summed E-state index contributed by atoms with van der Waals surface area (Å²) >= 11 is 0. The fourth-order valence-corrected chi connectivity index (χ4v) is 5.68. The Morgan fingerprint density at radius 3 is 1.54 bits per heavy atom. The third kappa shape index (κ3) is 9.03. The van der Waals surface area contributed by atoms with Gasteiger partial charge in [-0.2, -0.15) is 0 Å². The Balaban J connectivity index is 1.23. The van der Waals surface area contributed by atoms with E-state index in [2.05, 4.69) is 0 Å². The van der Waals surface area contributed by atoms with Crippen molar-refractivity contribution in [2.75, 3.05) is 41.7 Å². The van der Waals surface area contributed by atoms with Crippen molar-refractivity contribution in [3.63, 3.8) is 0 Å².